The number of aromatic nitrogens is 1. The zero-order chi connectivity index (χ0) is 24.5. The number of nitrogens with one attached hydrogen (secondary N) is 3. The van der Waals surface area contributed by atoms with Crippen LogP contribution < -0.4 is 15.5 Å². The highest BCUT2D eigenvalue weighted by molar-refractivity contribution is 6.04. The smallest absolute Gasteiger partial charge is 0.303 e. The number of rotatable bonds is 11. The molecule has 178 valence electrons. The van der Waals surface area contributed by atoms with Crippen molar-refractivity contribution in [3.63, 3.8) is 0 Å². The van der Waals surface area contributed by atoms with Crippen LogP contribution in [0.5, 0.6) is 5.75 Å². The molecule has 1 heterocycles. The Bertz CT molecular complexity index is 1140. The van der Waals surface area contributed by atoms with Crippen molar-refractivity contribution >= 4 is 17.5 Å². The number of amides is 2. The van der Waals surface area contributed by atoms with E-state index in [0.717, 1.165) is 0 Å². The number of unbranched alkanes of at least 4 members (excludes halogenated alkanes) is 2. The van der Waals surface area contributed by atoms with Gasteiger partial charge in [0.05, 0.1) is 17.6 Å². The average Bonchev–Trinajstić information content (AvgIpc) is 3.27. The summed E-state index contributed by atoms with van der Waals surface area (Å²) in [5, 5.41) is 23.5. The zero-order valence-electron chi connectivity index (χ0n) is 18.7. The average molecular weight is 466 g/mol. The molecule has 0 radical (unpaired) electrons. The van der Waals surface area contributed by atoms with E-state index in [2.05, 4.69) is 10.3 Å². The van der Waals surface area contributed by atoms with Crippen molar-refractivity contribution in [2.45, 2.75) is 25.7 Å². The number of nitro groups is 1. The Kier molecular flexibility index (Phi) is 8.36. The van der Waals surface area contributed by atoms with Crippen LogP contribution in [-0.4, -0.2) is 40.6 Å². The van der Waals surface area contributed by atoms with Gasteiger partial charge in [-0.3, -0.25) is 24.9 Å². The van der Waals surface area contributed by atoms with Gasteiger partial charge < -0.3 is 15.0 Å². The molecule has 2 aromatic carbocycles. The molecule has 0 bridgehead atoms. The van der Waals surface area contributed by atoms with Crippen molar-refractivity contribution in [1.29, 1.82) is 0 Å². The molecule has 0 aliphatic rings. The number of hydrogen-bond donors (Lipinski definition) is 4. The van der Waals surface area contributed by atoms with Crippen molar-refractivity contribution in [3.05, 3.63) is 70.4 Å². The summed E-state index contributed by atoms with van der Waals surface area (Å²) in [7, 11) is 1.53. The molecule has 4 N–H and O–H groups in total. The fraction of sp³-hybridized carbons (Fsp3) is 0.250. The third-order valence-corrected chi connectivity index (χ3v) is 5.32. The standard InChI is InChI=1S/C24H26N4O6/c1-34-18-13-11-17(12-14-18)21-23(28(32)33)20(16-8-4-2-5-9-16)22(26-21)24(30)25-15-7-3-6-10-19(29)27-31/h2,4-5,8-9,11-14,26,31H,3,6-7,10,15H2,1H3,(H,25,30)(H,27,29). The third-order valence-electron chi connectivity index (χ3n) is 5.32. The number of H-pyrrole nitrogens is 1. The minimum Gasteiger partial charge on any atom is -0.497 e. The summed E-state index contributed by atoms with van der Waals surface area (Å²) >= 11 is 0. The monoisotopic (exact) mass is 466 g/mol. The van der Waals surface area contributed by atoms with Gasteiger partial charge in [0.15, 0.2) is 0 Å². The fourth-order valence-corrected chi connectivity index (χ4v) is 3.63. The van der Waals surface area contributed by atoms with Crippen LogP contribution in [0.15, 0.2) is 54.6 Å². The quantitative estimate of drug-likeness (QED) is 0.145. The number of nitrogens with zero attached hydrogens (tertiary/aromatic N) is 1. The molecule has 2 amide bonds. The SMILES string of the molecule is COc1ccc(-c2[nH]c(C(=O)NCCCCCC(=O)NO)c(-c3ccccc3)c2[N+](=O)[O-])cc1. The predicted octanol–water partition coefficient (Wildman–Crippen LogP) is 4.06. The highest BCUT2D eigenvalue weighted by Crippen LogP contribution is 2.41. The van der Waals surface area contributed by atoms with E-state index in [0.29, 0.717) is 42.7 Å². The summed E-state index contributed by atoms with van der Waals surface area (Å²) in [6.07, 6.45) is 2.03. The van der Waals surface area contributed by atoms with Gasteiger partial charge in [-0.25, -0.2) is 5.48 Å². The molecular weight excluding hydrogens is 440 g/mol. The number of benzene rings is 2. The summed E-state index contributed by atoms with van der Waals surface area (Å²) in [6.45, 7) is 0.332. The van der Waals surface area contributed by atoms with Crippen molar-refractivity contribution in [1.82, 2.24) is 15.8 Å². The molecule has 3 aromatic rings. The Morgan fingerprint density at radius 3 is 2.35 bits per heavy atom. The summed E-state index contributed by atoms with van der Waals surface area (Å²) in [4.78, 5) is 38.8. The summed E-state index contributed by atoms with van der Waals surface area (Å²) < 4.78 is 5.17. The Hall–Kier alpha value is -4.18. The number of ether oxygens (including phenoxy) is 1. The van der Waals surface area contributed by atoms with E-state index in [1.165, 1.54) is 7.11 Å². The molecule has 0 unspecified atom stereocenters. The van der Waals surface area contributed by atoms with Crippen LogP contribution in [0.4, 0.5) is 5.69 Å². The van der Waals surface area contributed by atoms with Crippen LogP contribution in [-0.2, 0) is 4.79 Å². The highest BCUT2D eigenvalue weighted by atomic mass is 16.6. The summed E-state index contributed by atoms with van der Waals surface area (Å²) in [5.74, 6) is -0.313. The van der Waals surface area contributed by atoms with Crippen LogP contribution in [0.3, 0.4) is 0 Å². The first-order valence-corrected chi connectivity index (χ1v) is 10.8. The molecule has 10 nitrogen and oxygen atoms in total. The lowest BCUT2D eigenvalue weighted by Crippen LogP contribution is -2.25. The predicted molar refractivity (Wildman–Crippen MR) is 126 cm³/mol. The van der Waals surface area contributed by atoms with E-state index in [1.807, 2.05) is 0 Å². The van der Waals surface area contributed by atoms with Crippen molar-refractivity contribution in [3.8, 4) is 28.1 Å². The Morgan fingerprint density at radius 1 is 1.03 bits per heavy atom. The van der Waals surface area contributed by atoms with E-state index >= 15 is 0 Å². The number of hydroxylamine groups is 1. The molecule has 34 heavy (non-hydrogen) atoms. The minimum atomic E-state index is -0.485. The molecule has 0 saturated carbocycles. The van der Waals surface area contributed by atoms with E-state index in [9.17, 15) is 19.7 Å². The van der Waals surface area contributed by atoms with Gasteiger partial charge in [0.25, 0.3) is 5.91 Å². The third kappa shape index (κ3) is 5.78. The zero-order valence-corrected chi connectivity index (χ0v) is 18.7. The molecule has 0 aliphatic heterocycles. The second-order valence-corrected chi connectivity index (χ2v) is 7.55. The van der Waals surface area contributed by atoms with Gasteiger partial charge >= 0.3 is 5.69 Å². The van der Waals surface area contributed by atoms with Crippen molar-refractivity contribution in [2.24, 2.45) is 0 Å². The van der Waals surface area contributed by atoms with E-state index < -0.39 is 16.7 Å². The number of methoxy groups -OCH3 is 1. The Labute approximate surface area is 196 Å². The lowest BCUT2D eigenvalue weighted by Gasteiger charge is -2.06. The van der Waals surface area contributed by atoms with E-state index in [-0.39, 0.29) is 29.1 Å². The first kappa shape index (κ1) is 24.5. The summed E-state index contributed by atoms with van der Waals surface area (Å²) in [6, 6.07) is 15.5. The van der Waals surface area contributed by atoms with Gasteiger partial charge in [0.1, 0.15) is 17.1 Å². The van der Waals surface area contributed by atoms with Gasteiger partial charge in [-0.05, 0) is 42.7 Å². The molecule has 0 fully saturated rings. The lowest BCUT2D eigenvalue weighted by atomic mass is 10.0. The first-order chi connectivity index (χ1) is 16.5. The lowest BCUT2D eigenvalue weighted by molar-refractivity contribution is -0.383. The summed E-state index contributed by atoms with van der Waals surface area (Å²) in [5.41, 5.74) is 3.03. The van der Waals surface area contributed by atoms with E-state index in [4.69, 9.17) is 9.94 Å². The van der Waals surface area contributed by atoms with E-state index in [1.54, 1.807) is 60.1 Å². The van der Waals surface area contributed by atoms with Crippen LogP contribution in [0.25, 0.3) is 22.4 Å². The molecule has 0 spiro atoms. The minimum absolute atomic E-state index is 0.100. The van der Waals surface area contributed by atoms with Crippen LogP contribution >= 0.6 is 0 Å². The molecular formula is C24H26N4O6. The number of aromatic amines is 1. The van der Waals surface area contributed by atoms with Gasteiger partial charge in [0.2, 0.25) is 5.91 Å². The number of hydrogen-bond acceptors (Lipinski definition) is 6. The van der Waals surface area contributed by atoms with Crippen LogP contribution in [0.1, 0.15) is 36.2 Å². The van der Waals surface area contributed by atoms with Crippen LogP contribution in [0, 0.1) is 10.1 Å². The first-order valence-electron chi connectivity index (χ1n) is 10.8. The molecule has 1 aromatic heterocycles. The normalized spacial score (nSPS) is 10.5. The van der Waals surface area contributed by atoms with Gasteiger partial charge in [-0.1, -0.05) is 36.8 Å². The van der Waals surface area contributed by atoms with Crippen LogP contribution in [0.2, 0.25) is 0 Å². The molecule has 0 saturated heterocycles. The van der Waals surface area contributed by atoms with Gasteiger partial charge in [-0.2, -0.15) is 0 Å². The second kappa shape index (κ2) is 11.6. The maximum atomic E-state index is 13.1. The largest absolute Gasteiger partial charge is 0.497 e. The Balaban J connectivity index is 1.90. The maximum absolute atomic E-state index is 13.1. The number of carbonyl (C=O) groups excluding carboxylic acids is 2. The molecule has 10 heteroatoms. The Morgan fingerprint density at radius 2 is 1.74 bits per heavy atom. The van der Waals surface area contributed by atoms with Gasteiger partial charge in [0, 0.05) is 18.5 Å². The topological polar surface area (TPSA) is 147 Å². The molecule has 3 rings (SSSR count). The van der Waals surface area contributed by atoms with Crippen molar-refractivity contribution in [2.75, 3.05) is 13.7 Å². The van der Waals surface area contributed by atoms with Gasteiger partial charge in [-0.15, -0.1) is 0 Å². The molecule has 0 atom stereocenters. The second-order valence-electron chi connectivity index (χ2n) is 7.55. The van der Waals surface area contributed by atoms with Crippen molar-refractivity contribution < 1.29 is 24.5 Å². The highest BCUT2D eigenvalue weighted by Gasteiger charge is 2.31. The molecule has 0 aliphatic carbocycles. The number of carbonyl (C=O) groups is 2. The fourth-order valence-electron chi connectivity index (χ4n) is 3.63. The maximum Gasteiger partial charge on any atom is 0.303 e.